The van der Waals surface area contributed by atoms with E-state index in [-0.39, 0.29) is 17.5 Å². The Kier molecular flexibility index (Phi) is 2.92. The van der Waals surface area contributed by atoms with Crippen LogP contribution in [0.15, 0.2) is 24.3 Å². The van der Waals surface area contributed by atoms with Gasteiger partial charge in [-0.25, -0.2) is 0 Å². The molecule has 1 heterocycles. The molecule has 0 aromatic heterocycles. The molecule has 4 heteroatoms. The first-order valence-electron chi connectivity index (χ1n) is 5.61. The standard InChI is InChI=1S/C13H17ClN2O/c1-13(2)11(15(3)4)16(12(13)17)10-7-5-6-9(14)8-10/h5-8,11H,1-4H3/t11-/m0/s1. The van der Waals surface area contributed by atoms with Gasteiger partial charge in [0.15, 0.2) is 0 Å². The highest BCUT2D eigenvalue weighted by atomic mass is 35.5. The number of hydrogen-bond donors (Lipinski definition) is 0. The van der Waals surface area contributed by atoms with E-state index in [1.54, 1.807) is 4.90 Å². The average molecular weight is 253 g/mol. The predicted octanol–water partition coefficient (Wildman–Crippen LogP) is 2.60. The molecule has 0 unspecified atom stereocenters. The molecule has 0 spiro atoms. The van der Waals surface area contributed by atoms with Crippen LogP contribution in [-0.4, -0.2) is 31.1 Å². The Labute approximate surface area is 107 Å². The molecular formula is C13H17ClN2O. The molecular weight excluding hydrogens is 236 g/mol. The summed E-state index contributed by atoms with van der Waals surface area (Å²) in [5, 5.41) is 0.650. The Bertz CT molecular complexity index is 456. The molecule has 1 aromatic rings. The molecule has 1 aromatic carbocycles. The Balaban J connectivity index is 2.36. The maximum absolute atomic E-state index is 12.2. The second kappa shape index (κ2) is 4.00. The highest BCUT2D eigenvalue weighted by Crippen LogP contribution is 2.43. The van der Waals surface area contributed by atoms with Crippen LogP contribution < -0.4 is 4.90 Å². The first-order chi connectivity index (χ1) is 7.85. The fourth-order valence-corrected chi connectivity index (χ4v) is 2.73. The highest BCUT2D eigenvalue weighted by molar-refractivity contribution is 6.31. The molecule has 0 radical (unpaired) electrons. The number of benzene rings is 1. The highest BCUT2D eigenvalue weighted by Gasteiger charge is 2.55. The fraction of sp³-hybridized carbons (Fsp3) is 0.462. The molecule has 1 amide bonds. The molecule has 1 aliphatic rings. The normalized spacial score (nSPS) is 22.8. The van der Waals surface area contributed by atoms with Gasteiger partial charge in [0.2, 0.25) is 5.91 Å². The molecule has 1 aliphatic heterocycles. The third-order valence-corrected chi connectivity index (χ3v) is 3.47. The van der Waals surface area contributed by atoms with Crippen molar-refractivity contribution >= 4 is 23.2 Å². The molecule has 0 N–H and O–H groups in total. The summed E-state index contributed by atoms with van der Waals surface area (Å²) in [5.41, 5.74) is 0.520. The van der Waals surface area contributed by atoms with Gasteiger partial charge in [-0.15, -0.1) is 0 Å². The van der Waals surface area contributed by atoms with E-state index in [2.05, 4.69) is 4.90 Å². The first kappa shape index (κ1) is 12.4. The maximum atomic E-state index is 12.2. The summed E-state index contributed by atoms with van der Waals surface area (Å²) in [6, 6.07) is 7.41. The van der Waals surface area contributed by atoms with Crippen molar-refractivity contribution in [3.05, 3.63) is 29.3 Å². The minimum Gasteiger partial charge on any atom is -0.294 e. The van der Waals surface area contributed by atoms with Gasteiger partial charge in [0.1, 0.15) is 6.17 Å². The predicted molar refractivity (Wildman–Crippen MR) is 70.2 cm³/mol. The largest absolute Gasteiger partial charge is 0.294 e. The number of amides is 1. The number of rotatable bonds is 2. The Hall–Kier alpha value is -1.06. The van der Waals surface area contributed by atoms with Crippen molar-refractivity contribution in [3.63, 3.8) is 0 Å². The van der Waals surface area contributed by atoms with Crippen molar-refractivity contribution in [3.8, 4) is 0 Å². The summed E-state index contributed by atoms with van der Waals surface area (Å²) < 4.78 is 0. The number of hydrogen-bond acceptors (Lipinski definition) is 2. The Morgan fingerprint density at radius 1 is 1.35 bits per heavy atom. The SMILES string of the molecule is CN(C)[C@H]1N(c2cccc(Cl)c2)C(=O)C1(C)C. The summed E-state index contributed by atoms with van der Waals surface area (Å²) in [6.45, 7) is 3.95. The van der Waals surface area contributed by atoms with Gasteiger partial charge < -0.3 is 0 Å². The first-order valence-corrected chi connectivity index (χ1v) is 5.99. The van der Waals surface area contributed by atoms with Crippen LogP contribution in [0.1, 0.15) is 13.8 Å². The van der Waals surface area contributed by atoms with Crippen LogP contribution in [0.4, 0.5) is 5.69 Å². The topological polar surface area (TPSA) is 23.6 Å². The summed E-state index contributed by atoms with van der Waals surface area (Å²) in [7, 11) is 3.97. The van der Waals surface area contributed by atoms with Crippen LogP contribution in [-0.2, 0) is 4.79 Å². The minimum atomic E-state index is -0.341. The molecule has 0 bridgehead atoms. The van der Waals surface area contributed by atoms with Gasteiger partial charge >= 0.3 is 0 Å². The molecule has 92 valence electrons. The number of carbonyl (C=O) groups is 1. The zero-order valence-electron chi connectivity index (χ0n) is 10.6. The Morgan fingerprint density at radius 2 is 2.00 bits per heavy atom. The van der Waals surface area contributed by atoms with Gasteiger partial charge in [0, 0.05) is 10.7 Å². The maximum Gasteiger partial charge on any atom is 0.237 e. The van der Waals surface area contributed by atoms with Crippen molar-refractivity contribution in [2.24, 2.45) is 5.41 Å². The van der Waals surface area contributed by atoms with Crippen LogP contribution in [0, 0.1) is 5.41 Å². The van der Waals surface area contributed by atoms with Gasteiger partial charge in [0.05, 0.1) is 5.41 Å². The smallest absolute Gasteiger partial charge is 0.237 e. The summed E-state index contributed by atoms with van der Waals surface area (Å²) in [6.07, 6.45) is 0.0773. The number of carbonyl (C=O) groups excluding carboxylic acids is 1. The molecule has 3 nitrogen and oxygen atoms in total. The molecule has 17 heavy (non-hydrogen) atoms. The van der Waals surface area contributed by atoms with Gasteiger partial charge in [-0.2, -0.15) is 0 Å². The van der Waals surface area contributed by atoms with E-state index >= 15 is 0 Å². The molecule has 1 saturated heterocycles. The lowest BCUT2D eigenvalue weighted by Crippen LogP contribution is -2.71. The van der Waals surface area contributed by atoms with E-state index in [1.165, 1.54) is 0 Å². The van der Waals surface area contributed by atoms with E-state index in [1.807, 2.05) is 52.2 Å². The molecule has 1 atom stereocenters. The molecule has 2 rings (SSSR count). The third kappa shape index (κ3) is 1.83. The minimum absolute atomic E-state index is 0.0773. The number of anilines is 1. The van der Waals surface area contributed by atoms with Crippen LogP contribution in [0.2, 0.25) is 5.02 Å². The van der Waals surface area contributed by atoms with E-state index in [9.17, 15) is 4.79 Å². The van der Waals surface area contributed by atoms with Gasteiger partial charge in [-0.1, -0.05) is 17.7 Å². The van der Waals surface area contributed by atoms with Crippen molar-refractivity contribution < 1.29 is 4.79 Å². The van der Waals surface area contributed by atoms with Crippen LogP contribution in [0.25, 0.3) is 0 Å². The van der Waals surface area contributed by atoms with E-state index in [0.29, 0.717) is 5.02 Å². The summed E-state index contributed by atoms with van der Waals surface area (Å²) >= 11 is 5.96. The lowest BCUT2D eigenvalue weighted by molar-refractivity contribution is -0.142. The van der Waals surface area contributed by atoms with E-state index in [4.69, 9.17) is 11.6 Å². The van der Waals surface area contributed by atoms with Crippen LogP contribution in [0.3, 0.4) is 0 Å². The van der Waals surface area contributed by atoms with E-state index in [0.717, 1.165) is 5.69 Å². The molecule has 1 fully saturated rings. The molecule has 0 aliphatic carbocycles. The summed E-state index contributed by atoms with van der Waals surface area (Å²) in [5.74, 6) is 0.137. The van der Waals surface area contributed by atoms with Crippen molar-refractivity contribution in [1.82, 2.24) is 4.90 Å². The van der Waals surface area contributed by atoms with Gasteiger partial charge in [-0.3, -0.25) is 14.6 Å². The second-order valence-electron chi connectivity index (χ2n) is 5.21. The van der Waals surface area contributed by atoms with E-state index < -0.39 is 0 Å². The quantitative estimate of drug-likeness (QED) is 0.756. The fourth-order valence-electron chi connectivity index (χ4n) is 2.55. The number of β-lactam (4-membered cyclic amide) rings is 1. The lowest BCUT2D eigenvalue weighted by Gasteiger charge is -2.55. The van der Waals surface area contributed by atoms with Crippen molar-refractivity contribution in [2.45, 2.75) is 20.0 Å². The zero-order chi connectivity index (χ0) is 12.8. The average Bonchev–Trinajstić information content (AvgIpc) is 2.24. The monoisotopic (exact) mass is 252 g/mol. The Morgan fingerprint density at radius 3 is 2.53 bits per heavy atom. The van der Waals surface area contributed by atoms with Crippen LogP contribution >= 0.6 is 11.6 Å². The van der Waals surface area contributed by atoms with Crippen molar-refractivity contribution in [1.29, 1.82) is 0 Å². The number of nitrogens with zero attached hydrogens (tertiary/aromatic N) is 2. The summed E-state index contributed by atoms with van der Waals surface area (Å²) in [4.78, 5) is 16.0. The van der Waals surface area contributed by atoms with Gasteiger partial charge in [-0.05, 0) is 46.1 Å². The van der Waals surface area contributed by atoms with Gasteiger partial charge in [0.25, 0.3) is 0 Å². The zero-order valence-corrected chi connectivity index (χ0v) is 11.3. The molecule has 0 saturated carbocycles. The second-order valence-corrected chi connectivity index (χ2v) is 5.65. The lowest BCUT2D eigenvalue weighted by atomic mass is 9.77. The van der Waals surface area contributed by atoms with Crippen molar-refractivity contribution in [2.75, 3.05) is 19.0 Å². The third-order valence-electron chi connectivity index (χ3n) is 3.24. The number of halogens is 1. The van der Waals surface area contributed by atoms with Crippen LogP contribution in [0.5, 0.6) is 0 Å².